The first-order valence-corrected chi connectivity index (χ1v) is 6.21. The van der Waals surface area contributed by atoms with Gasteiger partial charge in [0.2, 0.25) is 0 Å². The summed E-state index contributed by atoms with van der Waals surface area (Å²) < 4.78 is 5.87. The first kappa shape index (κ1) is 10.6. The molecular weight excluding hydrogens is 216 g/mol. The molecule has 1 fully saturated rings. The van der Waals surface area contributed by atoms with Crippen molar-refractivity contribution in [2.24, 2.45) is 0 Å². The van der Waals surface area contributed by atoms with Crippen LogP contribution in [0, 0.1) is 0 Å². The van der Waals surface area contributed by atoms with E-state index in [1.165, 1.54) is 19.8 Å². The number of Topliss-reactive ketones (excluding diaryl/α,β-unsaturated/α-hetero) is 1. The van der Waals surface area contributed by atoms with Crippen LogP contribution in [0.3, 0.4) is 0 Å². The quantitative estimate of drug-likeness (QED) is 0.757. The fourth-order valence-corrected chi connectivity index (χ4v) is 3.02. The summed E-state index contributed by atoms with van der Waals surface area (Å²) in [5.74, 6) is 1.22. The van der Waals surface area contributed by atoms with E-state index in [-0.39, 0.29) is 17.6 Å². The Hall–Kier alpha value is -1.51. The molecule has 2 unspecified atom stereocenters. The van der Waals surface area contributed by atoms with Crippen molar-refractivity contribution in [3.05, 3.63) is 23.3 Å². The van der Waals surface area contributed by atoms with Crippen molar-refractivity contribution in [2.45, 2.75) is 44.6 Å². The van der Waals surface area contributed by atoms with E-state index >= 15 is 0 Å². The fraction of sp³-hybridized carbons (Fsp3) is 0.500. The molecule has 1 aliphatic heterocycles. The summed E-state index contributed by atoms with van der Waals surface area (Å²) in [6.45, 7) is 1.50. The lowest BCUT2D eigenvalue weighted by Crippen LogP contribution is -2.22. The Kier molecular flexibility index (Phi) is 2.35. The molecule has 1 saturated carbocycles. The molecule has 0 spiro atoms. The molecule has 0 saturated heterocycles. The van der Waals surface area contributed by atoms with Crippen LogP contribution in [-0.4, -0.2) is 17.0 Å². The molecule has 2 atom stereocenters. The molecule has 0 bridgehead atoms. The van der Waals surface area contributed by atoms with Crippen LogP contribution in [0.25, 0.3) is 0 Å². The Labute approximate surface area is 100 Å². The van der Waals surface area contributed by atoms with E-state index in [9.17, 15) is 9.90 Å². The molecule has 2 aliphatic rings. The van der Waals surface area contributed by atoms with Crippen LogP contribution in [0.4, 0.5) is 0 Å². The maximum absolute atomic E-state index is 11.3. The Morgan fingerprint density at radius 2 is 2.12 bits per heavy atom. The third kappa shape index (κ3) is 1.61. The minimum absolute atomic E-state index is 0.0402. The van der Waals surface area contributed by atoms with E-state index in [4.69, 9.17) is 4.74 Å². The van der Waals surface area contributed by atoms with Crippen molar-refractivity contribution in [3.8, 4) is 11.5 Å². The summed E-state index contributed by atoms with van der Waals surface area (Å²) in [7, 11) is 0. The third-order valence-corrected chi connectivity index (χ3v) is 3.88. The van der Waals surface area contributed by atoms with Gasteiger partial charge in [-0.15, -0.1) is 0 Å². The van der Waals surface area contributed by atoms with Crippen LogP contribution in [-0.2, 0) is 0 Å². The van der Waals surface area contributed by atoms with Crippen LogP contribution < -0.4 is 4.74 Å². The highest BCUT2D eigenvalue weighted by atomic mass is 16.5. The summed E-state index contributed by atoms with van der Waals surface area (Å²) in [6, 6.07) is 3.34. The van der Waals surface area contributed by atoms with Gasteiger partial charge < -0.3 is 9.84 Å². The molecule has 0 aromatic heterocycles. The maximum atomic E-state index is 11.3. The molecule has 3 rings (SSSR count). The monoisotopic (exact) mass is 232 g/mol. The molecule has 17 heavy (non-hydrogen) atoms. The number of ketones is 1. The van der Waals surface area contributed by atoms with Gasteiger partial charge in [-0.1, -0.05) is 6.42 Å². The molecule has 1 aliphatic carbocycles. The van der Waals surface area contributed by atoms with Crippen LogP contribution in [0.5, 0.6) is 11.5 Å². The molecule has 0 radical (unpaired) electrons. The number of hydrogen-bond donors (Lipinski definition) is 1. The first-order chi connectivity index (χ1) is 8.16. The number of carbonyl (C=O) groups excluding carboxylic acids is 1. The predicted molar refractivity (Wildman–Crippen MR) is 63.7 cm³/mol. The number of benzene rings is 1. The van der Waals surface area contributed by atoms with E-state index in [1.807, 2.05) is 0 Å². The predicted octanol–water partition coefficient (Wildman–Crippen LogP) is 3.01. The van der Waals surface area contributed by atoms with Crippen LogP contribution in [0.1, 0.15) is 54.4 Å². The normalized spacial score (nSPS) is 25.9. The fourth-order valence-electron chi connectivity index (χ4n) is 3.02. The van der Waals surface area contributed by atoms with Crippen molar-refractivity contribution in [1.82, 2.24) is 0 Å². The van der Waals surface area contributed by atoms with Gasteiger partial charge in [-0.25, -0.2) is 0 Å². The van der Waals surface area contributed by atoms with Gasteiger partial charge in [0.25, 0.3) is 0 Å². The molecule has 1 aromatic carbocycles. The molecule has 0 amide bonds. The molecule has 1 N–H and O–H groups in total. The molecule has 3 nitrogen and oxygen atoms in total. The highest BCUT2D eigenvalue weighted by molar-refractivity contribution is 5.95. The van der Waals surface area contributed by atoms with Crippen molar-refractivity contribution in [3.63, 3.8) is 0 Å². The zero-order chi connectivity index (χ0) is 12.0. The second kappa shape index (κ2) is 3.76. The van der Waals surface area contributed by atoms with Gasteiger partial charge in [0.05, 0.1) is 0 Å². The Morgan fingerprint density at radius 1 is 1.35 bits per heavy atom. The minimum atomic E-state index is -0.0402. The van der Waals surface area contributed by atoms with Crippen LogP contribution in [0.15, 0.2) is 12.1 Å². The van der Waals surface area contributed by atoms with E-state index in [0.717, 1.165) is 18.4 Å². The van der Waals surface area contributed by atoms with Crippen molar-refractivity contribution < 1.29 is 14.6 Å². The molecule has 1 heterocycles. The molecule has 1 aromatic rings. The molecular formula is C14H16O3. The lowest BCUT2D eigenvalue weighted by Gasteiger charge is -2.23. The summed E-state index contributed by atoms with van der Waals surface area (Å²) in [5, 5.41) is 10.1. The number of aromatic hydroxyl groups is 1. The average molecular weight is 232 g/mol. The van der Waals surface area contributed by atoms with E-state index in [0.29, 0.717) is 17.2 Å². The van der Waals surface area contributed by atoms with E-state index in [2.05, 4.69) is 0 Å². The number of ether oxygens (including phenoxy) is 1. The lowest BCUT2D eigenvalue weighted by atomic mass is 9.82. The second-order valence-electron chi connectivity index (χ2n) is 5.01. The second-order valence-corrected chi connectivity index (χ2v) is 5.01. The Bertz CT molecular complexity index is 479. The van der Waals surface area contributed by atoms with Gasteiger partial charge >= 0.3 is 0 Å². The number of fused-ring (bicyclic) bond motifs is 3. The topological polar surface area (TPSA) is 46.5 Å². The number of phenolic OH excluding ortho intramolecular Hbond substituents is 1. The number of carbonyl (C=O) groups is 1. The van der Waals surface area contributed by atoms with Gasteiger partial charge in [0.1, 0.15) is 17.6 Å². The zero-order valence-electron chi connectivity index (χ0n) is 9.90. The number of rotatable bonds is 1. The van der Waals surface area contributed by atoms with Gasteiger partial charge in [0.15, 0.2) is 5.78 Å². The van der Waals surface area contributed by atoms with Gasteiger partial charge in [0, 0.05) is 17.0 Å². The Morgan fingerprint density at radius 3 is 2.88 bits per heavy atom. The SMILES string of the molecule is CC(=O)c1cc(O)c2c(c1)OC1CCCCC21. The first-order valence-electron chi connectivity index (χ1n) is 6.21. The smallest absolute Gasteiger partial charge is 0.160 e. The van der Waals surface area contributed by atoms with E-state index < -0.39 is 0 Å². The Balaban J connectivity index is 2.06. The highest BCUT2D eigenvalue weighted by Gasteiger charge is 2.38. The zero-order valence-corrected chi connectivity index (χ0v) is 9.90. The van der Waals surface area contributed by atoms with Crippen molar-refractivity contribution in [2.75, 3.05) is 0 Å². The third-order valence-electron chi connectivity index (χ3n) is 3.88. The molecule has 90 valence electrons. The van der Waals surface area contributed by atoms with E-state index in [1.54, 1.807) is 12.1 Å². The lowest BCUT2D eigenvalue weighted by molar-refractivity contribution is 0.101. The van der Waals surface area contributed by atoms with Crippen molar-refractivity contribution >= 4 is 5.78 Å². The van der Waals surface area contributed by atoms with Gasteiger partial charge in [-0.2, -0.15) is 0 Å². The van der Waals surface area contributed by atoms with Crippen LogP contribution >= 0.6 is 0 Å². The molecule has 3 heteroatoms. The number of hydrogen-bond acceptors (Lipinski definition) is 3. The average Bonchev–Trinajstić information content (AvgIpc) is 2.67. The summed E-state index contributed by atoms with van der Waals surface area (Å²) in [5.41, 5.74) is 1.44. The summed E-state index contributed by atoms with van der Waals surface area (Å²) >= 11 is 0. The van der Waals surface area contributed by atoms with Gasteiger partial charge in [-0.3, -0.25) is 4.79 Å². The van der Waals surface area contributed by atoms with Crippen molar-refractivity contribution in [1.29, 1.82) is 0 Å². The summed E-state index contributed by atoms with van der Waals surface area (Å²) in [4.78, 5) is 11.3. The largest absolute Gasteiger partial charge is 0.507 e. The van der Waals surface area contributed by atoms with Crippen LogP contribution in [0.2, 0.25) is 0 Å². The summed E-state index contributed by atoms with van der Waals surface area (Å²) in [6.07, 6.45) is 4.71. The van der Waals surface area contributed by atoms with Gasteiger partial charge in [-0.05, 0) is 38.3 Å². The highest BCUT2D eigenvalue weighted by Crippen LogP contribution is 2.49. The number of phenols is 1. The standard InChI is InChI=1S/C14H16O3/c1-8(15)9-6-11(16)14-10-4-2-3-5-12(10)17-13(14)7-9/h6-7,10,12,16H,2-5H2,1H3. The maximum Gasteiger partial charge on any atom is 0.160 e. The minimum Gasteiger partial charge on any atom is -0.507 e.